The van der Waals surface area contributed by atoms with E-state index in [0.717, 1.165) is 0 Å². The first kappa shape index (κ1) is 10.1. The molecular formula is C7H8BrNO2. The third-order valence-electron chi connectivity index (χ3n) is 0.971. The zero-order valence-electron chi connectivity index (χ0n) is 6.08. The third-order valence-corrected chi connectivity index (χ3v) is 1.83. The lowest BCUT2D eigenvalue weighted by molar-refractivity contribution is -0.419. The average Bonchev–Trinajstić information content (AvgIpc) is 1.98. The van der Waals surface area contributed by atoms with Crippen molar-refractivity contribution in [2.24, 2.45) is 0 Å². The molecule has 11 heavy (non-hydrogen) atoms. The molecule has 0 aliphatic carbocycles. The number of rotatable bonds is 3. The smallest absolute Gasteiger partial charge is 0.258 e. The van der Waals surface area contributed by atoms with Crippen molar-refractivity contribution in [2.75, 3.05) is 0 Å². The van der Waals surface area contributed by atoms with Gasteiger partial charge in [-0.05, 0) is 22.9 Å². The van der Waals surface area contributed by atoms with Crippen LogP contribution in [-0.2, 0) is 0 Å². The van der Waals surface area contributed by atoms with E-state index in [9.17, 15) is 10.1 Å². The Hall–Kier alpha value is -0.900. The van der Waals surface area contributed by atoms with Crippen molar-refractivity contribution in [3.63, 3.8) is 0 Å². The molecule has 0 saturated carbocycles. The van der Waals surface area contributed by atoms with E-state index >= 15 is 0 Å². The molecule has 0 aliphatic heterocycles. The fraction of sp³-hybridized carbons (Fsp3) is 0.143. The van der Waals surface area contributed by atoms with Crippen LogP contribution in [0.2, 0.25) is 0 Å². The van der Waals surface area contributed by atoms with Gasteiger partial charge >= 0.3 is 0 Å². The Morgan fingerprint density at radius 3 is 2.55 bits per heavy atom. The van der Waals surface area contributed by atoms with E-state index < -0.39 is 4.92 Å². The summed E-state index contributed by atoms with van der Waals surface area (Å²) >= 11 is 3.05. The predicted molar refractivity (Wildman–Crippen MR) is 48.0 cm³/mol. The van der Waals surface area contributed by atoms with Crippen LogP contribution in [0, 0.1) is 10.1 Å². The lowest BCUT2D eigenvalue weighted by Gasteiger charge is -1.92. The van der Waals surface area contributed by atoms with Crippen molar-refractivity contribution in [2.45, 2.75) is 6.92 Å². The molecule has 0 aliphatic rings. The molecule has 0 radical (unpaired) electrons. The van der Waals surface area contributed by atoms with Crippen LogP contribution >= 0.6 is 15.9 Å². The normalized spacial score (nSPS) is 12.9. The second-order valence-corrected chi connectivity index (χ2v) is 2.54. The highest BCUT2D eigenvalue weighted by Gasteiger charge is 2.11. The largest absolute Gasteiger partial charge is 0.283 e. The number of nitrogens with zero attached hydrogens (tertiary/aromatic N) is 1. The lowest BCUT2D eigenvalue weighted by Crippen LogP contribution is -1.97. The number of hydrogen-bond donors (Lipinski definition) is 0. The molecule has 0 aromatic rings. The van der Waals surface area contributed by atoms with Gasteiger partial charge in [-0.3, -0.25) is 10.1 Å². The topological polar surface area (TPSA) is 43.1 Å². The monoisotopic (exact) mass is 217 g/mol. The second kappa shape index (κ2) is 4.85. The van der Waals surface area contributed by atoms with Crippen LogP contribution in [0.4, 0.5) is 0 Å². The van der Waals surface area contributed by atoms with Gasteiger partial charge in [0.15, 0.2) is 0 Å². The van der Waals surface area contributed by atoms with Gasteiger partial charge in [0, 0.05) is 6.08 Å². The van der Waals surface area contributed by atoms with Crippen molar-refractivity contribution in [1.29, 1.82) is 0 Å². The first-order chi connectivity index (χ1) is 5.13. The molecule has 0 heterocycles. The number of nitro groups is 1. The molecule has 60 valence electrons. The quantitative estimate of drug-likeness (QED) is 0.415. The minimum atomic E-state index is -0.467. The van der Waals surface area contributed by atoms with Crippen LogP contribution < -0.4 is 0 Å². The molecule has 0 saturated heterocycles. The van der Waals surface area contributed by atoms with Gasteiger partial charge in [0.25, 0.3) is 5.70 Å². The van der Waals surface area contributed by atoms with Crippen LogP contribution in [0.5, 0.6) is 0 Å². The van der Waals surface area contributed by atoms with Crippen LogP contribution in [0.3, 0.4) is 0 Å². The minimum absolute atomic E-state index is 0.0162. The SMILES string of the molecule is C=C/C=C(\C(Br)=C/C)[N+](=O)[O-]. The third kappa shape index (κ3) is 3.13. The van der Waals surface area contributed by atoms with E-state index in [0.29, 0.717) is 4.48 Å². The summed E-state index contributed by atoms with van der Waals surface area (Å²) in [5.41, 5.74) is 0.0162. The maximum atomic E-state index is 10.3. The molecule has 0 aromatic carbocycles. The summed E-state index contributed by atoms with van der Waals surface area (Å²) in [5, 5.41) is 10.3. The maximum absolute atomic E-state index is 10.3. The summed E-state index contributed by atoms with van der Waals surface area (Å²) in [4.78, 5) is 9.84. The Morgan fingerprint density at radius 2 is 2.27 bits per heavy atom. The van der Waals surface area contributed by atoms with Gasteiger partial charge in [0.05, 0.1) is 9.41 Å². The Balaban J connectivity index is 4.76. The highest BCUT2D eigenvalue weighted by atomic mass is 79.9. The Kier molecular flexibility index (Phi) is 4.45. The molecule has 0 spiro atoms. The van der Waals surface area contributed by atoms with E-state index in [2.05, 4.69) is 22.5 Å². The van der Waals surface area contributed by atoms with E-state index in [-0.39, 0.29) is 5.70 Å². The molecule has 0 unspecified atom stereocenters. The molecule has 0 fully saturated rings. The van der Waals surface area contributed by atoms with Gasteiger partial charge in [0.1, 0.15) is 0 Å². The lowest BCUT2D eigenvalue weighted by atomic mass is 10.3. The molecule has 0 atom stereocenters. The highest BCUT2D eigenvalue weighted by molar-refractivity contribution is 9.11. The van der Waals surface area contributed by atoms with E-state index in [1.807, 2.05) is 0 Å². The van der Waals surface area contributed by atoms with Crippen molar-refractivity contribution in [3.05, 3.63) is 45.1 Å². The number of halogens is 1. The molecule has 4 heteroatoms. The molecule has 0 aromatic heterocycles. The highest BCUT2D eigenvalue weighted by Crippen LogP contribution is 2.16. The van der Waals surface area contributed by atoms with E-state index in [1.54, 1.807) is 13.0 Å². The first-order valence-corrected chi connectivity index (χ1v) is 3.72. The van der Waals surface area contributed by atoms with E-state index in [4.69, 9.17) is 0 Å². The molecule has 3 nitrogen and oxygen atoms in total. The second-order valence-electron chi connectivity index (χ2n) is 1.68. The average molecular weight is 218 g/mol. The van der Waals surface area contributed by atoms with E-state index in [1.165, 1.54) is 12.2 Å². The van der Waals surface area contributed by atoms with Crippen molar-refractivity contribution in [3.8, 4) is 0 Å². The van der Waals surface area contributed by atoms with Crippen LogP contribution in [0.1, 0.15) is 6.92 Å². The first-order valence-electron chi connectivity index (χ1n) is 2.92. The van der Waals surface area contributed by atoms with Crippen molar-refractivity contribution >= 4 is 15.9 Å². The molecule has 0 rings (SSSR count). The zero-order chi connectivity index (χ0) is 8.85. The summed E-state index contributed by atoms with van der Waals surface area (Å²) in [7, 11) is 0. The Morgan fingerprint density at radius 1 is 1.73 bits per heavy atom. The van der Waals surface area contributed by atoms with Crippen LogP contribution in [-0.4, -0.2) is 4.92 Å². The fourth-order valence-corrected chi connectivity index (χ4v) is 0.764. The van der Waals surface area contributed by atoms with Gasteiger partial charge < -0.3 is 0 Å². The van der Waals surface area contributed by atoms with Gasteiger partial charge in [-0.1, -0.05) is 18.7 Å². The van der Waals surface area contributed by atoms with Gasteiger partial charge in [0.2, 0.25) is 0 Å². The molecule has 0 N–H and O–H groups in total. The van der Waals surface area contributed by atoms with Crippen LogP contribution in [0.15, 0.2) is 35.0 Å². The summed E-state index contributed by atoms with van der Waals surface area (Å²) in [5.74, 6) is 0. The molecule has 0 amide bonds. The summed E-state index contributed by atoms with van der Waals surface area (Å²) in [6, 6.07) is 0. The summed E-state index contributed by atoms with van der Waals surface area (Å²) in [6.45, 7) is 5.08. The predicted octanol–water partition coefficient (Wildman–Crippen LogP) is 2.63. The summed E-state index contributed by atoms with van der Waals surface area (Å²) < 4.78 is 0.461. The molecule has 0 bridgehead atoms. The number of hydrogen-bond acceptors (Lipinski definition) is 2. The van der Waals surface area contributed by atoms with Crippen molar-refractivity contribution < 1.29 is 4.92 Å². The van der Waals surface area contributed by atoms with Gasteiger partial charge in [-0.25, -0.2) is 0 Å². The number of allylic oxidation sites excluding steroid dienone is 4. The van der Waals surface area contributed by atoms with Gasteiger partial charge in [-0.2, -0.15) is 0 Å². The van der Waals surface area contributed by atoms with Gasteiger partial charge in [-0.15, -0.1) is 0 Å². The zero-order valence-corrected chi connectivity index (χ0v) is 7.67. The summed E-state index contributed by atoms with van der Waals surface area (Å²) in [6.07, 6.45) is 4.32. The fourth-order valence-electron chi connectivity index (χ4n) is 0.487. The minimum Gasteiger partial charge on any atom is -0.258 e. The Labute approximate surface area is 73.4 Å². The molecular weight excluding hydrogens is 210 g/mol. The maximum Gasteiger partial charge on any atom is 0.283 e. The van der Waals surface area contributed by atoms with Crippen LogP contribution in [0.25, 0.3) is 0 Å². The standard InChI is InChI=1S/C7H8BrNO2/c1-3-5-7(9(10)11)6(8)4-2/h3-5H,1H2,2H3/b6-4+,7-5+. The van der Waals surface area contributed by atoms with Crippen molar-refractivity contribution in [1.82, 2.24) is 0 Å². The Bertz CT molecular complexity index is 231.